The van der Waals surface area contributed by atoms with Gasteiger partial charge in [-0.15, -0.1) is 0 Å². The van der Waals surface area contributed by atoms with Crippen LogP contribution < -0.4 is 20.1 Å². The molecule has 35 heavy (non-hydrogen) atoms. The number of hydrogen-bond acceptors (Lipinski definition) is 8. The Morgan fingerprint density at radius 1 is 0.800 bits per heavy atom. The molecule has 184 valence electrons. The zero-order chi connectivity index (χ0) is 25.5. The summed E-state index contributed by atoms with van der Waals surface area (Å²) in [4.78, 5) is 63.7. The van der Waals surface area contributed by atoms with Crippen LogP contribution in [0, 0.1) is 0 Å². The van der Waals surface area contributed by atoms with E-state index in [1.165, 1.54) is 30.3 Å². The zero-order valence-corrected chi connectivity index (χ0v) is 19.7. The zero-order valence-electron chi connectivity index (χ0n) is 19.7. The molecular weight excluding hydrogens is 456 g/mol. The Bertz CT molecular complexity index is 1190. The number of esters is 1. The van der Waals surface area contributed by atoms with Crippen molar-refractivity contribution in [3.05, 3.63) is 58.1 Å². The van der Waals surface area contributed by atoms with Crippen molar-refractivity contribution in [2.75, 3.05) is 19.7 Å². The Kier molecular flexibility index (Phi) is 8.19. The minimum absolute atomic E-state index is 0.00948. The number of fused-ring (bicyclic) bond motifs is 2. The standard InChI is InChI=1S/C25H26N2O8/c1-4-7-11-33-23(30)14-12-16-20(18(13-14)35-25(32)27-6-3)22(29)19-15(21(16)28)9-8-10-17(19)34-24(31)26-5-2/h8-10,12-13H,4-7,11H2,1-3H3,(H,26,31)(H,27,32). The summed E-state index contributed by atoms with van der Waals surface area (Å²) in [7, 11) is 0. The number of unbranched alkanes of at least 4 members (excludes halogenated alkanes) is 1. The lowest BCUT2D eigenvalue weighted by Gasteiger charge is -2.22. The molecule has 0 bridgehead atoms. The van der Waals surface area contributed by atoms with E-state index >= 15 is 0 Å². The third-order valence-corrected chi connectivity index (χ3v) is 5.09. The van der Waals surface area contributed by atoms with Gasteiger partial charge >= 0.3 is 18.2 Å². The van der Waals surface area contributed by atoms with Gasteiger partial charge < -0.3 is 24.8 Å². The maximum atomic E-state index is 13.6. The van der Waals surface area contributed by atoms with Crippen molar-refractivity contribution in [2.45, 2.75) is 33.6 Å². The van der Waals surface area contributed by atoms with E-state index in [2.05, 4.69) is 10.6 Å². The lowest BCUT2D eigenvalue weighted by Crippen LogP contribution is -2.30. The Morgan fingerprint density at radius 2 is 1.43 bits per heavy atom. The van der Waals surface area contributed by atoms with Gasteiger partial charge in [0, 0.05) is 24.2 Å². The fraction of sp³-hybridized carbons (Fsp3) is 0.320. The molecule has 1 aliphatic rings. The highest BCUT2D eigenvalue weighted by Crippen LogP contribution is 2.38. The molecule has 2 aromatic rings. The first-order valence-corrected chi connectivity index (χ1v) is 11.3. The molecule has 0 radical (unpaired) electrons. The SMILES string of the molecule is CCCCOC(=O)c1cc(OC(=O)NCC)c2c(c1)C(=O)c1cccc(OC(=O)NCC)c1C2=O. The average molecular weight is 482 g/mol. The first-order valence-electron chi connectivity index (χ1n) is 11.3. The van der Waals surface area contributed by atoms with Crippen LogP contribution in [0.15, 0.2) is 30.3 Å². The number of carbonyl (C=O) groups excluding carboxylic acids is 5. The van der Waals surface area contributed by atoms with E-state index in [1.807, 2.05) is 6.92 Å². The molecule has 0 spiro atoms. The highest BCUT2D eigenvalue weighted by molar-refractivity contribution is 6.30. The number of ether oxygens (including phenoxy) is 3. The van der Waals surface area contributed by atoms with E-state index in [0.717, 1.165) is 6.42 Å². The van der Waals surface area contributed by atoms with Crippen LogP contribution in [0.5, 0.6) is 11.5 Å². The quantitative estimate of drug-likeness (QED) is 0.367. The summed E-state index contributed by atoms with van der Waals surface area (Å²) in [6.07, 6.45) is -0.203. The number of hydrogen-bond donors (Lipinski definition) is 2. The lowest BCUT2D eigenvalue weighted by atomic mass is 9.82. The van der Waals surface area contributed by atoms with Crippen molar-refractivity contribution < 1.29 is 38.2 Å². The second-order valence-electron chi connectivity index (χ2n) is 7.56. The van der Waals surface area contributed by atoms with E-state index in [-0.39, 0.29) is 52.5 Å². The van der Waals surface area contributed by atoms with Gasteiger partial charge in [0.05, 0.1) is 23.3 Å². The summed E-state index contributed by atoms with van der Waals surface area (Å²) >= 11 is 0. The first-order chi connectivity index (χ1) is 16.8. The van der Waals surface area contributed by atoms with Crippen LogP contribution in [0.25, 0.3) is 0 Å². The first kappa shape index (κ1) is 25.4. The number of carbonyl (C=O) groups is 5. The molecule has 0 saturated heterocycles. The number of amides is 2. The number of ketones is 2. The smallest absolute Gasteiger partial charge is 0.412 e. The minimum Gasteiger partial charge on any atom is -0.462 e. The molecule has 2 N–H and O–H groups in total. The van der Waals surface area contributed by atoms with Crippen molar-refractivity contribution in [1.82, 2.24) is 10.6 Å². The van der Waals surface area contributed by atoms with E-state index in [0.29, 0.717) is 13.0 Å². The van der Waals surface area contributed by atoms with E-state index in [4.69, 9.17) is 14.2 Å². The van der Waals surface area contributed by atoms with Crippen LogP contribution in [0.2, 0.25) is 0 Å². The monoisotopic (exact) mass is 482 g/mol. The Balaban J connectivity index is 2.12. The van der Waals surface area contributed by atoms with Gasteiger partial charge in [-0.3, -0.25) is 9.59 Å². The molecule has 0 aromatic heterocycles. The normalized spacial score (nSPS) is 11.7. The van der Waals surface area contributed by atoms with Gasteiger partial charge in [-0.05, 0) is 38.5 Å². The highest BCUT2D eigenvalue weighted by atomic mass is 16.6. The number of nitrogens with one attached hydrogen (secondary N) is 2. The second-order valence-corrected chi connectivity index (χ2v) is 7.56. The summed E-state index contributed by atoms with van der Waals surface area (Å²) in [5.74, 6) is -2.42. The van der Waals surface area contributed by atoms with Crippen LogP contribution in [-0.4, -0.2) is 49.4 Å². The van der Waals surface area contributed by atoms with Crippen LogP contribution >= 0.6 is 0 Å². The molecule has 10 nitrogen and oxygen atoms in total. The van der Waals surface area contributed by atoms with Gasteiger partial charge in [0.25, 0.3) is 0 Å². The third-order valence-electron chi connectivity index (χ3n) is 5.09. The maximum absolute atomic E-state index is 13.6. The van der Waals surface area contributed by atoms with E-state index in [9.17, 15) is 24.0 Å². The van der Waals surface area contributed by atoms with Crippen molar-refractivity contribution in [1.29, 1.82) is 0 Å². The summed E-state index contributed by atoms with van der Waals surface area (Å²) in [6, 6.07) is 6.70. The van der Waals surface area contributed by atoms with E-state index < -0.39 is 29.7 Å². The van der Waals surface area contributed by atoms with Crippen LogP contribution in [0.1, 0.15) is 75.8 Å². The van der Waals surface area contributed by atoms with Gasteiger partial charge in [0.1, 0.15) is 11.5 Å². The molecular formula is C25H26N2O8. The molecule has 0 saturated carbocycles. The van der Waals surface area contributed by atoms with Crippen molar-refractivity contribution in [2.24, 2.45) is 0 Å². The minimum atomic E-state index is -0.871. The summed E-state index contributed by atoms with van der Waals surface area (Å²) in [5, 5.41) is 4.89. The molecule has 0 atom stereocenters. The van der Waals surface area contributed by atoms with Crippen molar-refractivity contribution in [3.63, 3.8) is 0 Å². The molecule has 1 aliphatic carbocycles. The highest BCUT2D eigenvalue weighted by Gasteiger charge is 2.37. The van der Waals surface area contributed by atoms with Gasteiger partial charge in [-0.25, -0.2) is 14.4 Å². The average Bonchev–Trinajstić information content (AvgIpc) is 2.82. The van der Waals surface area contributed by atoms with Crippen LogP contribution in [-0.2, 0) is 4.74 Å². The topological polar surface area (TPSA) is 137 Å². The lowest BCUT2D eigenvalue weighted by molar-refractivity contribution is 0.0498. The van der Waals surface area contributed by atoms with Gasteiger partial charge in [0.15, 0.2) is 5.78 Å². The Labute approximate surface area is 201 Å². The predicted molar refractivity (Wildman–Crippen MR) is 124 cm³/mol. The van der Waals surface area contributed by atoms with E-state index in [1.54, 1.807) is 13.8 Å². The summed E-state index contributed by atoms with van der Waals surface area (Å²) in [5.41, 5.74) is -0.536. The van der Waals surface area contributed by atoms with Gasteiger partial charge in [0.2, 0.25) is 5.78 Å². The molecule has 0 heterocycles. The fourth-order valence-corrected chi connectivity index (χ4v) is 3.49. The Morgan fingerprint density at radius 3 is 2.06 bits per heavy atom. The van der Waals surface area contributed by atoms with Crippen molar-refractivity contribution in [3.8, 4) is 11.5 Å². The van der Waals surface area contributed by atoms with Gasteiger partial charge in [-0.1, -0.05) is 25.5 Å². The second kappa shape index (κ2) is 11.3. The summed E-state index contributed by atoms with van der Waals surface area (Å²) < 4.78 is 15.8. The van der Waals surface area contributed by atoms with Gasteiger partial charge in [-0.2, -0.15) is 0 Å². The summed E-state index contributed by atoms with van der Waals surface area (Å²) in [6.45, 7) is 6.04. The maximum Gasteiger partial charge on any atom is 0.412 e. The fourth-order valence-electron chi connectivity index (χ4n) is 3.49. The van der Waals surface area contributed by atoms with Crippen LogP contribution in [0.4, 0.5) is 9.59 Å². The molecule has 0 unspecified atom stereocenters. The molecule has 3 rings (SSSR count). The molecule has 2 aromatic carbocycles. The molecule has 0 fully saturated rings. The number of rotatable bonds is 8. The Hall–Kier alpha value is -4.21. The number of benzene rings is 2. The molecule has 10 heteroatoms. The largest absolute Gasteiger partial charge is 0.462 e. The predicted octanol–water partition coefficient (Wildman–Crippen LogP) is 3.64. The molecule has 2 amide bonds. The van der Waals surface area contributed by atoms with Crippen molar-refractivity contribution >= 4 is 29.7 Å². The van der Waals surface area contributed by atoms with Crippen LogP contribution in [0.3, 0.4) is 0 Å². The molecule has 0 aliphatic heterocycles. The third kappa shape index (κ3) is 5.48.